The molecule has 4 rings (SSSR count). The fourth-order valence-corrected chi connectivity index (χ4v) is 3.89. The molecule has 12 nitrogen and oxygen atoms in total. The van der Waals surface area contributed by atoms with E-state index in [1.165, 1.54) is 30.3 Å². The number of hydrogen-bond donors (Lipinski definition) is 5. The van der Waals surface area contributed by atoms with E-state index in [2.05, 4.69) is 0 Å². The maximum atomic E-state index is 12.4. The first-order chi connectivity index (χ1) is 17.1. The number of phenols is 1. The summed E-state index contributed by atoms with van der Waals surface area (Å²) in [6.07, 6.45) is -9.08. The lowest BCUT2D eigenvalue weighted by Gasteiger charge is -2.39. The van der Waals surface area contributed by atoms with Crippen molar-refractivity contribution >= 4 is 17.7 Å². The third-order valence-corrected chi connectivity index (χ3v) is 5.78. The molecular weight excluding hydrogens is 480 g/mol. The number of aliphatic hydroxyl groups excluding tert-OH is 3. The average molecular weight is 504 g/mol. The third kappa shape index (κ3) is 5.57. The number of fused-ring (bicyclic) bond motifs is 1. The maximum Gasteiger partial charge on any atom is 0.317 e. The van der Waals surface area contributed by atoms with Crippen LogP contribution in [0, 0.1) is 0 Å². The topological polar surface area (TPSA) is 189 Å². The van der Waals surface area contributed by atoms with Crippen molar-refractivity contribution in [3.8, 4) is 17.2 Å². The number of benzene rings is 2. The molecule has 2 aromatic carbocycles. The molecule has 192 valence electrons. The van der Waals surface area contributed by atoms with Crippen LogP contribution < -0.4 is 9.47 Å². The maximum absolute atomic E-state index is 12.4. The van der Waals surface area contributed by atoms with Crippen molar-refractivity contribution in [1.82, 2.24) is 0 Å². The normalized spacial score (nSPS) is 27.5. The Labute approximate surface area is 204 Å². The molecule has 2 aromatic rings. The van der Waals surface area contributed by atoms with Crippen molar-refractivity contribution in [2.24, 2.45) is 0 Å². The summed E-state index contributed by atoms with van der Waals surface area (Å²) < 4.78 is 21.7. The van der Waals surface area contributed by atoms with Gasteiger partial charge < -0.3 is 44.5 Å². The molecule has 2 aliphatic heterocycles. The minimum atomic E-state index is -1.69. The van der Waals surface area contributed by atoms with Gasteiger partial charge in [-0.3, -0.25) is 14.4 Å². The molecule has 0 unspecified atom stereocenters. The van der Waals surface area contributed by atoms with Crippen LogP contribution in [-0.2, 0) is 19.1 Å². The first-order valence-electron chi connectivity index (χ1n) is 11.0. The molecule has 36 heavy (non-hydrogen) atoms. The zero-order valence-electron chi connectivity index (χ0n) is 18.7. The molecule has 0 bridgehead atoms. The van der Waals surface area contributed by atoms with E-state index < -0.39 is 61.8 Å². The Kier molecular flexibility index (Phi) is 7.40. The van der Waals surface area contributed by atoms with E-state index in [0.717, 1.165) is 0 Å². The Balaban J connectivity index is 1.40. The van der Waals surface area contributed by atoms with E-state index in [9.17, 15) is 34.8 Å². The molecule has 0 aromatic heterocycles. The fourth-order valence-electron chi connectivity index (χ4n) is 3.89. The summed E-state index contributed by atoms with van der Waals surface area (Å²) in [4.78, 5) is 34.5. The second-order valence-electron chi connectivity index (χ2n) is 8.37. The Morgan fingerprint density at radius 2 is 1.72 bits per heavy atom. The second-order valence-corrected chi connectivity index (χ2v) is 8.37. The van der Waals surface area contributed by atoms with Gasteiger partial charge >= 0.3 is 11.9 Å². The number of ether oxygens (including phenoxy) is 4. The number of carboxylic acid groups (broad SMARTS) is 1. The number of carboxylic acids is 1. The summed E-state index contributed by atoms with van der Waals surface area (Å²) in [5.74, 6) is -2.13. The van der Waals surface area contributed by atoms with Crippen LogP contribution in [0.5, 0.6) is 17.2 Å². The average Bonchev–Trinajstić information content (AvgIpc) is 2.83. The molecule has 0 amide bonds. The van der Waals surface area contributed by atoms with Crippen molar-refractivity contribution in [3.05, 3.63) is 53.6 Å². The molecule has 2 heterocycles. The number of aromatic hydroxyl groups is 1. The molecular formula is C24H24O12. The van der Waals surface area contributed by atoms with Crippen LogP contribution in [-0.4, -0.2) is 80.6 Å². The Morgan fingerprint density at radius 3 is 2.42 bits per heavy atom. The van der Waals surface area contributed by atoms with E-state index in [0.29, 0.717) is 11.1 Å². The van der Waals surface area contributed by atoms with Gasteiger partial charge in [-0.1, -0.05) is 12.1 Å². The largest absolute Gasteiger partial charge is 0.508 e. The number of ketones is 1. The summed E-state index contributed by atoms with van der Waals surface area (Å²) in [7, 11) is 0. The molecule has 1 saturated heterocycles. The van der Waals surface area contributed by atoms with Crippen LogP contribution in [0.25, 0.3) is 0 Å². The highest BCUT2D eigenvalue weighted by molar-refractivity contribution is 6.00. The highest BCUT2D eigenvalue weighted by atomic mass is 16.7. The number of carbonyl (C=O) groups is 3. The van der Waals surface area contributed by atoms with E-state index in [1.54, 1.807) is 12.1 Å². The van der Waals surface area contributed by atoms with Crippen LogP contribution in [0.2, 0.25) is 0 Å². The quantitative estimate of drug-likeness (QED) is 0.257. The summed E-state index contributed by atoms with van der Waals surface area (Å²) >= 11 is 0. The van der Waals surface area contributed by atoms with Crippen molar-refractivity contribution in [2.75, 3.05) is 6.61 Å². The Hall–Kier alpha value is -3.71. The molecule has 2 aliphatic rings. The number of phenolic OH excluding ortho intramolecular Hbond substituents is 1. The van der Waals surface area contributed by atoms with Crippen LogP contribution in [0.15, 0.2) is 42.5 Å². The van der Waals surface area contributed by atoms with Gasteiger partial charge in [-0.15, -0.1) is 0 Å². The van der Waals surface area contributed by atoms with Gasteiger partial charge in [0.25, 0.3) is 0 Å². The lowest BCUT2D eigenvalue weighted by molar-refractivity contribution is -0.278. The molecule has 1 fully saturated rings. The van der Waals surface area contributed by atoms with Gasteiger partial charge in [-0.2, -0.15) is 0 Å². The Bertz CT molecular complexity index is 1130. The standard InChI is InChI=1S/C24H24O12/c25-12-3-6-14-15(26)8-16(35-17(14)7-12)11-1-4-13(5-2-11)34-24-23(32)22(31)21(30)18(36-24)10-33-20(29)9-19(27)28/h1-7,16,18,21-25,30-32H,8-10H2,(H,27,28)/t16-,18+,21+,22-,23+,24+/m0/s1. The van der Waals surface area contributed by atoms with Gasteiger partial charge in [0.1, 0.15) is 60.8 Å². The highest BCUT2D eigenvalue weighted by Gasteiger charge is 2.45. The minimum Gasteiger partial charge on any atom is -0.508 e. The second kappa shape index (κ2) is 10.5. The van der Waals surface area contributed by atoms with Gasteiger partial charge in [-0.25, -0.2) is 0 Å². The van der Waals surface area contributed by atoms with Crippen LogP contribution >= 0.6 is 0 Å². The third-order valence-electron chi connectivity index (χ3n) is 5.78. The molecule has 0 radical (unpaired) electrons. The summed E-state index contributed by atoms with van der Waals surface area (Å²) in [6, 6.07) is 10.6. The minimum absolute atomic E-state index is 0.0285. The predicted octanol–water partition coefficient (Wildman–Crippen LogP) is 0.303. The summed E-state index contributed by atoms with van der Waals surface area (Å²) in [5, 5.41) is 48.8. The summed E-state index contributed by atoms with van der Waals surface area (Å²) in [6.45, 7) is -0.570. The molecule has 0 saturated carbocycles. The van der Waals surface area contributed by atoms with E-state index >= 15 is 0 Å². The van der Waals surface area contributed by atoms with Crippen molar-refractivity contribution < 1.29 is 58.9 Å². The lowest BCUT2D eigenvalue weighted by Crippen LogP contribution is -2.60. The summed E-state index contributed by atoms with van der Waals surface area (Å²) in [5.41, 5.74) is 1.03. The first kappa shape index (κ1) is 25.4. The van der Waals surface area contributed by atoms with E-state index in [4.69, 9.17) is 24.1 Å². The molecule has 12 heteroatoms. The molecule has 0 spiro atoms. The SMILES string of the molecule is O=C(O)CC(=O)OC[C@H]1O[C@@H](Oc2ccc([C@@H]3CC(=O)c4ccc(O)cc4O3)cc2)[C@H](O)[C@@H](O)[C@@H]1O. The van der Waals surface area contributed by atoms with Gasteiger partial charge in [-0.05, 0) is 29.8 Å². The van der Waals surface area contributed by atoms with Gasteiger partial charge in [0, 0.05) is 6.07 Å². The zero-order valence-corrected chi connectivity index (χ0v) is 18.7. The van der Waals surface area contributed by atoms with Crippen LogP contribution in [0.4, 0.5) is 0 Å². The van der Waals surface area contributed by atoms with Gasteiger partial charge in [0.05, 0.1) is 12.0 Å². The van der Waals surface area contributed by atoms with Crippen LogP contribution in [0.1, 0.15) is 34.9 Å². The lowest BCUT2D eigenvalue weighted by atomic mass is 9.96. The number of rotatable bonds is 7. The fraction of sp³-hybridized carbons (Fsp3) is 0.375. The monoisotopic (exact) mass is 504 g/mol. The highest BCUT2D eigenvalue weighted by Crippen LogP contribution is 2.37. The Morgan fingerprint density at radius 1 is 1.00 bits per heavy atom. The number of esters is 1. The van der Waals surface area contributed by atoms with Gasteiger partial charge in [0.2, 0.25) is 6.29 Å². The first-order valence-corrected chi connectivity index (χ1v) is 11.0. The molecule has 6 atom stereocenters. The molecule has 0 aliphatic carbocycles. The number of hydrogen-bond acceptors (Lipinski definition) is 11. The smallest absolute Gasteiger partial charge is 0.317 e. The predicted molar refractivity (Wildman–Crippen MR) is 117 cm³/mol. The van der Waals surface area contributed by atoms with Gasteiger partial charge in [0.15, 0.2) is 5.78 Å². The number of Topliss-reactive ketones (excluding diaryl/α,β-unsaturated/α-hetero) is 1. The number of aliphatic hydroxyl groups is 3. The number of carbonyl (C=O) groups excluding carboxylic acids is 2. The van der Waals surface area contributed by atoms with Crippen LogP contribution in [0.3, 0.4) is 0 Å². The molecule has 5 N–H and O–H groups in total. The zero-order chi connectivity index (χ0) is 26.0. The van der Waals surface area contributed by atoms with Crippen molar-refractivity contribution in [2.45, 2.75) is 49.7 Å². The number of aliphatic carboxylic acids is 1. The van der Waals surface area contributed by atoms with Crippen molar-refractivity contribution in [1.29, 1.82) is 0 Å². The van der Waals surface area contributed by atoms with E-state index in [1.807, 2.05) is 0 Å². The van der Waals surface area contributed by atoms with E-state index in [-0.39, 0.29) is 29.5 Å². The van der Waals surface area contributed by atoms with Crippen molar-refractivity contribution in [3.63, 3.8) is 0 Å².